The van der Waals surface area contributed by atoms with Crippen LogP contribution in [0.1, 0.15) is 5.56 Å². The summed E-state index contributed by atoms with van der Waals surface area (Å²) in [5, 5.41) is 2.87. The van der Waals surface area contributed by atoms with Crippen molar-refractivity contribution in [2.45, 2.75) is 6.61 Å². The Hall–Kier alpha value is -2.11. The third-order valence-corrected chi connectivity index (χ3v) is 4.10. The van der Waals surface area contributed by atoms with E-state index in [4.69, 9.17) is 22.1 Å². The van der Waals surface area contributed by atoms with Gasteiger partial charge in [0.15, 0.2) is 10.2 Å². The number of rotatable bonds is 4. The summed E-state index contributed by atoms with van der Waals surface area (Å²) in [5.41, 5.74) is 9.08. The number of anilines is 1. The topological polar surface area (TPSA) is 61.0 Å². The summed E-state index contributed by atoms with van der Waals surface area (Å²) in [7, 11) is 0. The highest BCUT2D eigenvalue weighted by molar-refractivity contribution is 7.13. The summed E-state index contributed by atoms with van der Waals surface area (Å²) < 4.78 is 5.77. The molecule has 1 aromatic carbocycles. The molecule has 2 N–H and O–H groups in total. The molecule has 3 rings (SSSR count). The fraction of sp³-hybridized carbons (Fsp3) is 0.0667. The van der Waals surface area contributed by atoms with Gasteiger partial charge in [0.1, 0.15) is 12.3 Å². The largest absolute Gasteiger partial charge is 0.478 e. The highest BCUT2D eigenvalue weighted by atomic mass is 35.5. The molecule has 0 spiro atoms. The Balaban J connectivity index is 1.82. The molecule has 0 aliphatic carbocycles. The summed E-state index contributed by atoms with van der Waals surface area (Å²) in [6.07, 6.45) is 3.13. The quantitative estimate of drug-likeness (QED) is 0.789. The van der Waals surface area contributed by atoms with Crippen molar-refractivity contribution in [1.29, 1.82) is 0 Å². The van der Waals surface area contributed by atoms with Gasteiger partial charge >= 0.3 is 0 Å². The Labute approximate surface area is 131 Å². The van der Waals surface area contributed by atoms with Crippen molar-refractivity contribution >= 4 is 28.6 Å². The maximum absolute atomic E-state index is 6.13. The van der Waals surface area contributed by atoms with Crippen molar-refractivity contribution in [2.24, 2.45) is 0 Å². The van der Waals surface area contributed by atoms with Crippen molar-refractivity contribution in [3.63, 3.8) is 0 Å². The molecule has 3 aromatic rings. The van der Waals surface area contributed by atoms with Crippen molar-refractivity contribution < 1.29 is 4.74 Å². The monoisotopic (exact) mass is 317 g/mol. The molecular weight excluding hydrogens is 306 g/mol. The molecule has 21 heavy (non-hydrogen) atoms. The first-order valence-corrected chi connectivity index (χ1v) is 7.52. The van der Waals surface area contributed by atoms with E-state index in [1.165, 1.54) is 11.3 Å². The van der Waals surface area contributed by atoms with Gasteiger partial charge in [-0.05, 0) is 5.56 Å². The van der Waals surface area contributed by atoms with Gasteiger partial charge in [-0.25, -0.2) is 4.98 Å². The summed E-state index contributed by atoms with van der Waals surface area (Å²) >= 11 is 7.47. The van der Waals surface area contributed by atoms with E-state index in [0.29, 0.717) is 28.2 Å². The molecule has 106 valence electrons. The van der Waals surface area contributed by atoms with E-state index in [0.717, 1.165) is 11.1 Å². The lowest BCUT2D eigenvalue weighted by Gasteiger charge is -2.06. The van der Waals surface area contributed by atoms with E-state index in [1.54, 1.807) is 12.4 Å². The van der Waals surface area contributed by atoms with E-state index < -0.39 is 0 Å². The van der Waals surface area contributed by atoms with Gasteiger partial charge in [0.2, 0.25) is 0 Å². The average molecular weight is 318 g/mol. The molecule has 6 heteroatoms. The first-order chi connectivity index (χ1) is 10.3. The molecule has 0 unspecified atom stereocenters. The van der Waals surface area contributed by atoms with Crippen molar-refractivity contribution in [1.82, 2.24) is 9.97 Å². The number of aromatic nitrogens is 2. The first kappa shape index (κ1) is 13.9. The third kappa shape index (κ3) is 2.99. The second-order valence-electron chi connectivity index (χ2n) is 4.32. The Morgan fingerprint density at radius 3 is 2.67 bits per heavy atom. The predicted octanol–water partition coefficient (Wildman–Crippen LogP) is 4.02. The normalized spacial score (nSPS) is 10.5. The van der Waals surface area contributed by atoms with Crippen LogP contribution in [0.4, 0.5) is 5.69 Å². The second kappa shape index (κ2) is 6.11. The SMILES string of the molecule is Nc1c(-c2nccnc2Cl)csc1OCc1ccccc1. The van der Waals surface area contributed by atoms with Gasteiger partial charge < -0.3 is 10.5 Å². The van der Waals surface area contributed by atoms with Crippen LogP contribution < -0.4 is 10.5 Å². The smallest absolute Gasteiger partial charge is 0.198 e. The number of nitrogen functional groups attached to an aromatic ring is 1. The van der Waals surface area contributed by atoms with Gasteiger partial charge in [0.05, 0.1) is 5.69 Å². The number of hydrogen-bond donors (Lipinski definition) is 1. The highest BCUT2D eigenvalue weighted by Gasteiger charge is 2.15. The van der Waals surface area contributed by atoms with Gasteiger partial charge in [-0.1, -0.05) is 41.9 Å². The minimum Gasteiger partial charge on any atom is -0.478 e. The van der Waals surface area contributed by atoms with Crippen molar-refractivity contribution in [3.8, 4) is 16.3 Å². The van der Waals surface area contributed by atoms with Crippen LogP contribution in [-0.4, -0.2) is 9.97 Å². The van der Waals surface area contributed by atoms with Gasteiger partial charge in [-0.3, -0.25) is 4.98 Å². The third-order valence-electron chi connectivity index (χ3n) is 2.92. The summed E-state index contributed by atoms with van der Waals surface area (Å²) in [6.45, 7) is 0.471. The zero-order valence-electron chi connectivity index (χ0n) is 11.0. The molecule has 0 bridgehead atoms. The molecule has 4 nitrogen and oxygen atoms in total. The lowest BCUT2D eigenvalue weighted by molar-refractivity contribution is 0.317. The highest BCUT2D eigenvalue weighted by Crippen LogP contribution is 2.40. The summed E-state index contributed by atoms with van der Waals surface area (Å²) in [5.74, 6) is 0. The molecule has 0 aliphatic heterocycles. The predicted molar refractivity (Wildman–Crippen MR) is 85.5 cm³/mol. The molecule has 0 atom stereocenters. The Morgan fingerprint density at radius 1 is 1.14 bits per heavy atom. The van der Waals surface area contributed by atoms with Crippen LogP contribution in [0.3, 0.4) is 0 Å². The maximum atomic E-state index is 6.13. The molecule has 0 aliphatic rings. The lowest BCUT2D eigenvalue weighted by Crippen LogP contribution is -1.97. The minimum absolute atomic E-state index is 0.330. The molecule has 0 radical (unpaired) electrons. The standard InChI is InChI=1S/C15H12ClN3OS/c16-14-13(18-6-7-19-14)11-9-21-15(12(11)17)20-8-10-4-2-1-3-5-10/h1-7,9H,8,17H2. The van der Waals surface area contributed by atoms with Crippen LogP contribution in [0.15, 0.2) is 48.1 Å². The van der Waals surface area contributed by atoms with Crippen LogP contribution in [0.2, 0.25) is 5.15 Å². The van der Waals surface area contributed by atoms with Crippen molar-refractivity contribution in [2.75, 3.05) is 5.73 Å². The molecule has 0 saturated carbocycles. The number of benzene rings is 1. The number of hydrogen-bond acceptors (Lipinski definition) is 5. The fourth-order valence-electron chi connectivity index (χ4n) is 1.87. The Morgan fingerprint density at radius 2 is 1.90 bits per heavy atom. The Bertz CT molecular complexity index is 746. The van der Waals surface area contributed by atoms with Crippen LogP contribution in [-0.2, 0) is 6.61 Å². The number of nitrogens with two attached hydrogens (primary N) is 1. The minimum atomic E-state index is 0.330. The average Bonchev–Trinajstić information content (AvgIpc) is 2.88. The maximum Gasteiger partial charge on any atom is 0.198 e. The molecular formula is C15H12ClN3OS. The zero-order chi connectivity index (χ0) is 14.7. The van der Waals surface area contributed by atoms with Crippen LogP contribution in [0.5, 0.6) is 5.06 Å². The van der Waals surface area contributed by atoms with Crippen LogP contribution in [0.25, 0.3) is 11.3 Å². The molecule has 0 amide bonds. The van der Waals surface area contributed by atoms with Gasteiger partial charge in [-0.15, -0.1) is 11.3 Å². The second-order valence-corrected chi connectivity index (χ2v) is 5.52. The zero-order valence-corrected chi connectivity index (χ0v) is 12.6. The Kier molecular flexibility index (Phi) is 4.03. The number of ether oxygens (including phenoxy) is 1. The first-order valence-electron chi connectivity index (χ1n) is 6.26. The van der Waals surface area contributed by atoms with E-state index in [1.807, 2.05) is 35.7 Å². The fourth-order valence-corrected chi connectivity index (χ4v) is 2.90. The van der Waals surface area contributed by atoms with Gasteiger partial charge in [0.25, 0.3) is 0 Å². The summed E-state index contributed by atoms with van der Waals surface area (Å²) in [6, 6.07) is 9.92. The summed E-state index contributed by atoms with van der Waals surface area (Å²) in [4.78, 5) is 8.23. The van der Waals surface area contributed by atoms with E-state index >= 15 is 0 Å². The van der Waals surface area contributed by atoms with E-state index in [-0.39, 0.29) is 0 Å². The van der Waals surface area contributed by atoms with E-state index in [2.05, 4.69) is 9.97 Å². The van der Waals surface area contributed by atoms with Crippen LogP contribution >= 0.6 is 22.9 Å². The molecule has 2 aromatic heterocycles. The van der Waals surface area contributed by atoms with Gasteiger partial charge in [-0.2, -0.15) is 0 Å². The van der Waals surface area contributed by atoms with Crippen molar-refractivity contribution in [3.05, 3.63) is 58.8 Å². The number of nitrogens with zero attached hydrogens (tertiary/aromatic N) is 2. The molecule has 0 fully saturated rings. The van der Waals surface area contributed by atoms with E-state index in [9.17, 15) is 0 Å². The number of halogens is 1. The van der Waals surface area contributed by atoms with Gasteiger partial charge in [0, 0.05) is 23.3 Å². The molecule has 0 saturated heterocycles. The molecule has 2 heterocycles. The number of thiophene rings is 1. The lowest BCUT2D eigenvalue weighted by atomic mass is 10.2. The van der Waals surface area contributed by atoms with Crippen LogP contribution in [0, 0.1) is 0 Å².